The number of halogens is 1. The fourth-order valence-corrected chi connectivity index (χ4v) is 3.70. The molecule has 0 aliphatic carbocycles. The van der Waals surface area contributed by atoms with E-state index in [0.717, 1.165) is 33.0 Å². The molecule has 0 spiro atoms. The fraction of sp³-hybridized carbons (Fsp3) is 0.250. The van der Waals surface area contributed by atoms with E-state index in [2.05, 4.69) is 37.0 Å². The first-order valence-corrected chi connectivity index (χ1v) is 9.36. The topological polar surface area (TPSA) is 46.1 Å². The molecule has 2 heterocycles. The molecule has 0 unspecified atom stereocenters. The SMILES string of the molecule is COc1ccc(Br)cc1CN(C)Cn1[nH]c(-c2cccs2)nc1=S. The number of benzene rings is 1. The van der Waals surface area contributed by atoms with Gasteiger partial charge in [0.15, 0.2) is 5.82 Å². The number of aromatic amines is 1. The minimum absolute atomic E-state index is 0.548. The summed E-state index contributed by atoms with van der Waals surface area (Å²) in [7, 11) is 3.72. The largest absolute Gasteiger partial charge is 0.496 e. The molecule has 0 aliphatic heterocycles. The number of hydrogen-bond acceptors (Lipinski definition) is 5. The second-order valence-electron chi connectivity index (χ2n) is 5.37. The Morgan fingerprint density at radius 1 is 1.42 bits per heavy atom. The molecule has 0 amide bonds. The highest BCUT2D eigenvalue weighted by molar-refractivity contribution is 9.10. The molecule has 0 atom stereocenters. The molecule has 126 valence electrons. The highest BCUT2D eigenvalue weighted by Gasteiger charge is 2.10. The number of H-pyrrole nitrogens is 1. The van der Waals surface area contributed by atoms with Gasteiger partial charge in [0, 0.05) is 16.6 Å². The predicted molar refractivity (Wildman–Crippen MR) is 103 cm³/mol. The van der Waals surface area contributed by atoms with E-state index in [9.17, 15) is 0 Å². The minimum Gasteiger partial charge on any atom is -0.496 e. The van der Waals surface area contributed by atoms with Crippen LogP contribution in [0.4, 0.5) is 0 Å². The Hall–Kier alpha value is -1.48. The molecule has 2 aromatic heterocycles. The lowest BCUT2D eigenvalue weighted by Gasteiger charge is -2.18. The summed E-state index contributed by atoms with van der Waals surface area (Å²) in [5.74, 6) is 1.68. The zero-order valence-corrected chi connectivity index (χ0v) is 16.5. The van der Waals surface area contributed by atoms with Crippen LogP contribution in [0.5, 0.6) is 5.75 Å². The maximum absolute atomic E-state index is 5.43. The highest BCUT2D eigenvalue weighted by atomic mass is 79.9. The summed E-state index contributed by atoms with van der Waals surface area (Å²) >= 11 is 10.5. The summed E-state index contributed by atoms with van der Waals surface area (Å²) in [5, 5.41) is 5.29. The van der Waals surface area contributed by atoms with E-state index in [1.54, 1.807) is 18.4 Å². The standard InChI is InChI=1S/C16H17BrN4OS2/c1-20(9-11-8-12(17)5-6-13(11)22-2)10-21-16(23)18-15(19-21)14-4-3-7-24-14/h3-8H,9-10H2,1-2H3,(H,18,19,23). The van der Waals surface area contributed by atoms with E-state index in [1.165, 1.54) is 0 Å². The second-order valence-corrected chi connectivity index (χ2v) is 7.60. The maximum Gasteiger partial charge on any atom is 0.217 e. The van der Waals surface area contributed by atoms with Gasteiger partial charge in [-0.25, -0.2) is 4.68 Å². The smallest absolute Gasteiger partial charge is 0.217 e. The van der Waals surface area contributed by atoms with Crippen LogP contribution in [0.2, 0.25) is 0 Å². The van der Waals surface area contributed by atoms with Crippen molar-refractivity contribution in [1.82, 2.24) is 19.7 Å². The van der Waals surface area contributed by atoms with Crippen LogP contribution in [-0.2, 0) is 13.2 Å². The van der Waals surface area contributed by atoms with E-state index in [-0.39, 0.29) is 0 Å². The van der Waals surface area contributed by atoms with Gasteiger partial charge >= 0.3 is 0 Å². The van der Waals surface area contributed by atoms with Crippen molar-refractivity contribution in [2.24, 2.45) is 0 Å². The molecule has 5 nitrogen and oxygen atoms in total. The van der Waals surface area contributed by atoms with Crippen molar-refractivity contribution in [3.05, 3.63) is 50.5 Å². The van der Waals surface area contributed by atoms with Crippen molar-refractivity contribution < 1.29 is 4.74 Å². The summed E-state index contributed by atoms with van der Waals surface area (Å²) in [6.45, 7) is 1.35. The normalized spacial score (nSPS) is 11.2. The number of hydrogen-bond donors (Lipinski definition) is 1. The molecule has 0 aliphatic rings. The third kappa shape index (κ3) is 3.94. The van der Waals surface area contributed by atoms with Crippen LogP contribution in [0.25, 0.3) is 10.7 Å². The Bertz CT molecular complexity index is 873. The summed E-state index contributed by atoms with van der Waals surface area (Å²) < 4.78 is 8.88. The van der Waals surface area contributed by atoms with Crippen LogP contribution in [0.3, 0.4) is 0 Å². The number of thiophene rings is 1. The third-order valence-corrected chi connectivity index (χ3v) is 5.18. The lowest BCUT2D eigenvalue weighted by Crippen LogP contribution is -2.22. The van der Waals surface area contributed by atoms with Gasteiger partial charge in [0.2, 0.25) is 4.77 Å². The van der Waals surface area contributed by atoms with Crippen molar-refractivity contribution in [3.8, 4) is 16.5 Å². The van der Waals surface area contributed by atoms with Gasteiger partial charge in [-0.15, -0.1) is 11.3 Å². The first-order valence-electron chi connectivity index (χ1n) is 7.28. The van der Waals surface area contributed by atoms with Crippen molar-refractivity contribution in [1.29, 1.82) is 0 Å². The first kappa shape index (κ1) is 17.3. The molecule has 0 fully saturated rings. The average molecular weight is 425 g/mol. The van der Waals surface area contributed by atoms with Gasteiger partial charge in [0.25, 0.3) is 0 Å². The van der Waals surface area contributed by atoms with Crippen molar-refractivity contribution in [2.75, 3.05) is 14.2 Å². The van der Waals surface area contributed by atoms with Crippen LogP contribution in [0, 0.1) is 4.77 Å². The zero-order chi connectivity index (χ0) is 17.1. The Labute approximate surface area is 158 Å². The second kappa shape index (κ2) is 7.60. The fourth-order valence-electron chi connectivity index (χ4n) is 2.43. The van der Waals surface area contributed by atoms with E-state index >= 15 is 0 Å². The molecule has 24 heavy (non-hydrogen) atoms. The lowest BCUT2D eigenvalue weighted by atomic mass is 10.2. The van der Waals surface area contributed by atoms with E-state index in [4.69, 9.17) is 17.0 Å². The molecule has 3 rings (SSSR count). The Kier molecular flexibility index (Phi) is 5.50. The van der Waals surface area contributed by atoms with Crippen LogP contribution >= 0.6 is 39.5 Å². The van der Waals surface area contributed by atoms with Gasteiger partial charge in [-0.1, -0.05) is 22.0 Å². The average Bonchev–Trinajstić information content (AvgIpc) is 3.18. The molecule has 0 radical (unpaired) electrons. The van der Waals surface area contributed by atoms with Crippen LogP contribution in [0.15, 0.2) is 40.2 Å². The Morgan fingerprint density at radius 2 is 2.25 bits per heavy atom. The Morgan fingerprint density at radius 3 is 2.96 bits per heavy atom. The molecule has 3 aromatic rings. The van der Waals surface area contributed by atoms with Gasteiger partial charge in [0.1, 0.15) is 5.75 Å². The van der Waals surface area contributed by atoms with E-state index in [1.807, 2.05) is 41.4 Å². The molecule has 1 aromatic carbocycles. The number of rotatable bonds is 6. The summed E-state index contributed by atoms with van der Waals surface area (Å²) in [6, 6.07) is 10.0. The number of nitrogens with zero attached hydrogens (tertiary/aromatic N) is 3. The van der Waals surface area contributed by atoms with Gasteiger partial charge in [0.05, 0.1) is 18.7 Å². The van der Waals surface area contributed by atoms with Crippen molar-refractivity contribution >= 4 is 39.5 Å². The molecule has 0 saturated heterocycles. The number of ether oxygens (including phenoxy) is 1. The zero-order valence-electron chi connectivity index (χ0n) is 13.3. The van der Waals surface area contributed by atoms with Gasteiger partial charge < -0.3 is 4.74 Å². The monoisotopic (exact) mass is 424 g/mol. The van der Waals surface area contributed by atoms with Crippen LogP contribution in [-0.4, -0.2) is 33.8 Å². The molecule has 8 heteroatoms. The van der Waals surface area contributed by atoms with E-state index in [0.29, 0.717) is 11.4 Å². The minimum atomic E-state index is 0.548. The predicted octanol–water partition coefficient (Wildman–Crippen LogP) is 4.53. The highest BCUT2D eigenvalue weighted by Crippen LogP contribution is 2.24. The van der Waals surface area contributed by atoms with Gasteiger partial charge in [-0.3, -0.25) is 10.00 Å². The third-order valence-electron chi connectivity index (χ3n) is 3.50. The molecular formula is C16H17BrN4OS2. The molecular weight excluding hydrogens is 408 g/mol. The number of methoxy groups -OCH3 is 1. The quantitative estimate of drug-likeness (QED) is 0.590. The molecule has 0 bridgehead atoms. The summed E-state index contributed by atoms with van der Waals surface area (Å²) in [4.78, 5) is 7.66. The van der Waals surface area contributed by atoms with Crippen LogP contribution in [0.1, 0.15) is 5.56 Å². The summed E-state index contributed by atoms with van der Waals surface area (Å²) in [5.41, 5.74) is 1.11. The Balaban J connectivity index is 1.75. The molecule has 0 saturated carbocycles. The van der Waals surface area contributed by atoms with Crippen LogP contribution < -0.4 is 4.74 Å². The van der Waals surface area contributed by atoms with Gasteiger partial charge in [-0.2, -0.15) is 4.98 Å². The maximum atomic E-state index is 5.43. The first-order chi connectivity index (χ1) is 11.6. The lowest BCUT2D eigenvalue weighted by molar-refractivity contribution is 0.241. The van der Waals surface area contributed by atoms with Crippen molar-refractivity contribution in [2.45, 2.75) is 13.2 Å². The van der Waals surface area contributed by atoms with Gasteiger partial charge in [-0.05, 0) is 48.9 Å². The number of aromatic nitrogens is 3. The summed E-state index contributed by atoms with van der Waals surface area (Å²) in [6.07, 6.45) is 0. The number of nitrogens with one attached hydrogen (secondary N) is 1. The molecule has 1 N–H and O–H groups in total. The van der Waals surface area contributed by atoms with Crippen molar-refractivity contribution in [3.63, 3.8) is 0 Å². The van der Waals surface area contributed by atoms with E-state index < -0.39 is 0 Å².